The molecule has 0 bridgehead atoms. The standard InChI is InChI=1S/C15H16F2N2O3/c1-19-6-2-3-14(19)15(21)18-8-10(20)9-22-11-4-5-12(16)13(17)7-11/h2-7,10,20H,8-9H2,1H3,(H,18,21)/t10-/m0/s1. The predicted octanol–water partition coefficient (Wildman–Crippen LogP) is 1.47. The van der Waals surface area contributed by atoms with E-state index in [0.29, 0.717) is 5.69 Å². The molecule has 2 rings (SSSR count). The second kappa shape index (κ2) is 7.04. The van der Waals surface area contributed by atoms with Crippen LogP contribution < -0.4 is 10.1 Å². The summed E-state index contributed by atoms with van der Waals surface area (Å²) < 4.78 is 32.5. The van der Waals surface area contributed by atoms with Crippen molar-refractivity contribution >= 4 is 5.91 Å². The lowest BCUT2D eigenvalue weighted by Gasteiger charge is -2.13. The maximum absolute atomic E-state index is 13.0. The van der Waals surface area contributed by atoms with Crippen molar-refractivity contribution in [3.8, 4) is 5.75 Å². The third-order valence-corrected chi connectivity index (χ3v) is 3.01. The number of aliphatic hydroxyl groups excluding tert-OH is 1. The minimum atomic E-state index is -1.02. The number of aryl methyl sites for hydroxylation is 1. The van der Waals surface area contributed by atoms with Crippen LogP contribution in [0.15, 0.2) is 36.5 Å². The summed E-state index contributed by atoms with van der Waals surface area (Å²) in [6.45, 7) is -0.174. The summed E-state index contributed by atoms with van der Waals surface area (Å²) in [6, 6.07) is 6.48. The number of nitrogens with one attached hydrogen (secondary N) is 1. The van der Waals surface area contributed by atoms with E-state index in [0.717, 1.165) is 12.1 Å². The highest BCUT2D eigenvalue weighted by Crippen LogP contribution is 2.15. The van der Waals surface area contributed by atoms with Gasteiger partial charge in [-0.1, -0.05) is 0 Å². The number of ether oxygens (including phenoxy) is 1. The Kier molecular flexibility index (Phi) is 5.11. The molecule has 1 atom stereocenters. The first kappa shape index (κ1) is 16.0. The van der Waals surface area contributed by atoms with E-state index >= 15 is 0 Å². The largest absolute Gasteiger partial charge is 0.491 e. The van der Waals surface area contributed by atoms with Gasteiger partial charge in [-0.05, 0) is 24.3 Å². The number of rotatable bonds is 6. The second-order valence-corrected chi connectivity index (χ2v) is 4.76. The number of carbonyl (C=O) groups is 1. The number of aliphatic hydroxyl groups is 1. The van der Waals surface area contributed by atoms with Crippen molar-refractivity contribution in [1.82, 2.24) is 9.88 Å². The van der Waals surface area contributed by atoms with Gasteiger partial charge in [0.25, 0.3) is 5.91 Å². The van der Waals surface area contributed by atoms with E-state index in [2.05, 4.69) is 5.32 Å². The van der Waals surface area contributed by atoms with E-state index in [1.807, 2.05) is 0 Å². The van der Waals surface area contributed by atoms with Crippen molar-refractivity contribution in [3.05, 3.63) is 53.9 Å². The lowest BCUT2D eigenvalue weighted by Crippen LogP contribution is -2.36. The maximum atomic E-state index is 13.0. The fourth-order valence-corrected chi connectivity index (χ4v) is 1.82. The van der Waals surface area contributed by atoms with E-state index in [9.17, 15) is 18.7 Å². The SMILES string of the molecule is Cn1cccc1C(=O)NC[C@H](O)COc1ccc(F)c(F)c1. The van der Waals surface area contributed by atoms with Gasteiger partial charge in [0.15, 0.2) is 11.6 Å². The highest BCUT2D eigenvalue weighted by Gasteiger charge is 2.12. The van der Waals surface area contributed by atoms with Crippen molar-refractivity contribution in [2.75, 3.05) is 13.2 Å². The number of carbonyl (C=O) groups excluding carboxylic acids is 1. The molecule has 1 aromatic carbocycles. The molecule has 0 radical (unpaired) electrons. The molecule has 7 heteroatoms. The predicted molar refractivity (Wildman–Crippen MR) is 75.6 cm³/mol. The number of aromatic nitrogens is 1. The first-order valence-electron chi connectivity index (χ1n) is 6.63. The molecule has 118 valence electrons. The van der Waals surface area contributed by atoms with Crippen LogP contribution in [0.3, 0.4) is 0 Å². The zero-order chi connectivity index (χ0) is 16.1. The van der Waals surface area contributed by atoms with Crippen molar-refractivity contribution in [3.63, 3.8) is 0 Å². The topological polar surface area (TPSA) is 63.5 Å². The van der Waals surface area contributed by atoms with Gasteiger partial charge in [0, 0.05) is 25.9 Å². The highest BCUT2D eigenvalue weighted by atomic mass is 19.2. The van der Waals surface area contributed by atoms with Crippen molar-refractivity contribution in [2.45, 2.75) is 6.10 Å². The molecule has 0 aliphatic heterocycles. The van der Waals surface area contributed by atoms with Gasteiger partial charge in [0.05, 0.1) is 0 Å². The van der Waals surface area contributed by atoms with Crippen LogP contribution in [0.2, 0.25) is 0 Å². The first-order chi connectivity index (χ1) is 10.5. The Labute approximate surface area is 126 Å². The Balaban J connectivity index is 1.78. The quantitative estimate of drug-likeness (QED) is 0.849. The molecule has 2 aromatic rings. The number of amides is 1. The smallest absolute Gasteiger partial charge is 0.267 e. The molecule has 22 heavy (non-hydrogen) atoms. The normalized spacial score (nSPS) is 12.0. The number of nitrogens with zero attached hydrogens (tertiary/aromatic N) is 1. The van der Waals surface area contributed by atoms with E-state index in [4.69, 9.17) is 4.74 Å². The van der Waals surface area contributed by atoms with Crippen LogP contribution in [-0.4, -0.2) is 34.8 Å². The maximum Gasteiger partial charge on any atom is 0.267 e. The summed E-state index contributed by atoms with van der Waals surface area (Å²) in [7, 11) is 1.73. The molecule has 0 unspecified atom stereocenters. The molecule has 0 spiro atoms. The molecular weight excluding hydrogens is 294 g/mol. The Hall–Kier alpha value is -2.41. The van der Waals surface area contributed by atoms with Gasteiger partial charge in [-0.3, -0.25) is 4.79 Å². The van der Waals surface area contributed by atoms with Gasteiger partial charge >= 0.3 is 0 Å². The van der Waals surface area contributed by atoms with Crippen LogP contribution in [0.5, 0.6) is 5.75 Å². The monoisotopic (exact) mass is 310 g/mol. The van der Waals surface area contributed by atoms with Crippen LogP contribution >= 0.6 is 0 Å². The van der Waals surface area contributed by atoms with Gasteiger partial charge in [-0.15, -0.1) is 0 Å². The minimum Gasteiger partial charge on any atom is -0.491 e. The summed E-state index contributed by atoms with van der Waals surface area (Å²) in [6.07, 6.45) is 0.759. The van der Waals surface area contributed by atoms with Crippen molar-refractivity contribution in [1.29, 1.82) is 0 Å². The van der Waals surface area contributed by atoms with Crippen LogP contribution in [0.4, 0.5) is 8.78 Å². The zero-order valence-corrected chi connectivity index (χ0v) is 11.9. The molecule has 1 amide bonds. The molecule has 5 nitrogen and oxygen atoms in total. The molecule has 0 aliphatic carbocycles. The van der Waals surface area contributed by atoms with E-state index < -0.39 is 17.7 Å². The lowest BCUT2D eigenvalue weighted by molar-refractivity contribution is 0.0836. The molecule has 1 heterocycles. The fraction of sp³-hybridized carbons (Fsp3) is 0.267. The van der Waals surface area contributed by atoms with Gasteiger partial charge in [-0.25, -0.2) is 8.78 Å². The summed E-state index contributed by atoms with van der Waals surface area (Å²) in [5.74, 6) is -2.21. The summed E-state index contributed by atoms with van der Waals surface area (Å²) >= 11 is 0. The molecule has 0 aliphatic rings. The Morgan fingerprint density at radius 2 is 2.14 bits per heavy atom. The number of benzene rings is 1. The molecular formula is C15H16F2N2O3. The summed E-state index contributed by atoms with van der Waals surface area (Å²) in [5.41, 5.74) is 0.466. The second-order valence-electron chi connectivity index (χ2n) is 4.76. The number of hydrogen-bond acceptors (Lipinski definition) is 3. The van der Waals surface area contributed by atoms with Gasteiger partial charge < -0.3 is 19.7 Å². The Morgan fingerprint density at radius 1 is 1.36 bits per heavy atom. The third-order valence-electron chi connectivity index (χ3n) is 3.01. The van der Waals surface area contributed by atoms with E-state index in [1.165, 1.54) is 6.07 Å². The minimum absolute atomic E-state index is 0.0201. The number of halogens is 2. The molecule has 0 saturated carbocycles. The number of hydrogen-bond donors (Lipinski definition) is 2. The summed E-state index contributed by atoms with van der Waals surface area (Å²) in [4.78, 5) is 11.8. The van der Waals surface area contributed by atoms with Gasteiger partial charge in [-0.2, -0.15) is 0 Å². The average molecular weight is 310 g/mol. The zero-order valence-electron chi connectivity index (χ0n) is 11.9. The van der Waals surface area contributed by atoms with Gasteiger partial charge in [0.1, 0.15) is 24.2 Å². The highest BCUT2D eigenvalue weighted by molar-refractivity contribution is 5.92. The Bertz CT molecular complexity index is 658. The molecule has 1 aromatic heterocycles. The van der Waals surface area contributed by atoms with Crippen LogP contribution in [0, 0.1) is 11.6 Å². The van der Waals surface area contributed by atoms with E-state index in [-0.39, 0.29) is 24.8 Å². The lowest BCUT2D eigenvalue weighted by atomic mass is 10.3. The van der Waals surface area contributed by atoms with Crippen molar-refractivity contribution < 1.29 is 23.4 Å². The van der Waals surface area contributed by atoms with Crippen molar-refractivity contribution in [2.24, 2.45) is 7.05 Å². The van der Waals surface area contributed by atoms with E-state index in [1.54, 1.807) is 29.9 Å². The third kappa shape index (κ3) is 4.05. The molecule has 0 fully saturated rings. The van der Waals surface area contributed by atoms with Crippen LogP contribution in [-0.2, 0) is 7.05 Å². The van der Waals surface area contributed by atoms with Gasteiger partial charge in [0.2, 0.25) is 0 Å². The Morgan fingerprint density at radius 3 is 2.77 bits per heavy atom. The summed E-state index contributed by atoms with van der Waals surface area (Å²) in [5, 5.41) is 12.3. The van der Waals surface area contributed by atoms with Crippen LogP contribution in [0.1, 0.15) is 10.5 Å². The fourth-order valence-electron chi connectivity index (χ4n) is 1.82. The van der Waals surface area contributed by atoms with Crippen LogP contribution in [0.25, 0.3) is 0 Å². The molecule has 2 N–H and O–H groups in total. The molecule has 0 saturated heterocycles. The average Bonchev–Trinajstić information content (AvgIpc) is 2.92. The first-order valence-corrected chi connectivity index (χ1v) is 6.63.